The van der Waals surface area contributed by atoms with Crippen molar-refractivity contribution >= 4 is 31.0 Å². The quantitative estimate of drug-likeness (QED) is 0.270. The smallest absolute Gasteiger partial charge is 0.148 e. The Hall–Kier alpha value is 1.02. The van der Waals surface area contributed by atoms with Crippen LogP contribution in [0, 0.1) is 12.1 Å². The maximum absolute atomic E-state index is 10.9. The molecule has 2 radical (unpaired) electrons. The molecule has 140 valence electrons. The molecule has 0 saturated carbocycles. The maximum atomic E-state index is 10.9. The normalized spacial score (nSPS) is 9.04. The van der Waals surface area contributed by atoms with Crippen LogP contribution in [0.3, 0.4) is 0 Å². The van der Waals surface area contributed by atoms with E-state index in [0.29, 0.717) is 11.5 Å². The standard InChI is InChI=1S/C9H11S.C8H7OS.2C2H6.2Y/c1-8(7-10)9-5-3-2-4-6-9;9-8(6-10)7-4-2-1-3-5-7;2*1-2;;/h3-6,8,10H,7H2,1H3;2-5,10H,6H2;2*1-2H3;;/q2*-1;;;;. The van der Waals surface area contributed by atoms with Crippen LogP contribution in [-0.2, 0) is 65.4 Å². The summed E-state index contributed by atoms with van der Waals surface area (Å²) in [7, 11) is 0. The average molecular weight is 540 g/mol. The topological polar surface area (TPSA) is 17.1 Å². The van der Waals surface area contributed by atoms with Crippen molar-refractivity contribution in [2.45, 2.75) is 40.5 Å². The van der Waals surface area contributed by atoms with Gasteiger partial charge in [0.05, 0.1) is 5.75 Å². The van der Waals surface area contributed by atoms with Crippen LogP contribution in [0.25, 0.3) is 0 Å². The van der Waals surface area contributed by atoms with Crippen molar-refractivity contribution in [1.29, 1.82) is 0 Å². The summed E-state index contributed by atoms with van der Waals surface area (Å²) >= 11 is 8.08. The number of carbonyl (C=O) groups is 1. The van der Waals surface area contributed by atoms with Gasteiger partial charge in [-0.05, 0) is 11.7 Å². The molecule has 1 unspecified atom stereocenters. The predicted octanol–water partition coefficient (Wildman–Crippen LogP) is 6.17. The fraction of sp³-hybridized carbons (Fsp3) is 0.381. The third kappa shape index (κ3) is 17.1. The molecule has 0 aliphatic rings. The number of hydrogen-bond acceptors (Lipinski definition) is 3. The minimum Gasteiger partial charge on any atom is -0.296 e. The Kier molecular flexibility index (Phi) is 34.5. The molecule has 0 N–H and O–H groups in total. The Balaban J connectivity index is -0.000000147. The van der Waals surface area contributed by atoms with Gasteiger partial charge in [0.1, 0.15) is 5.78 Å². The van der Waals surface area contributed by atoms with Gasteiger partial charge in [-0.25, -0.2) is 0 Å². The van der Waals surface area contributed by atoms with Gasteiger partial charge in [0.25, 0.3) is 0 Å². The van der Waals surface area contributed by atoms with E-state index >= 15 is 0 Å². The Bertz CT molecular complexity index is 508. The molecule has 0 heterocycles. The summed E-state index contributed by atoms with van der Waals surface area (Å²) in [5, 5.41) is 0. The van der Waals surface area contributed by atoms with E-state index in [-0.39, 0.29) is 77.0 Å². The molecule has 0 aliphatic heterocycles. The van der Waals surface area contributed by atoms with Gasteiger partial charge in [-0.2, -0.15) is 91.5 Å². The minimum absolute atomic E-state index is 0. The number of rotatable bonds is 4. The molecule has 0 amide bonds. The number of Topliss-reactive ketones (excluding diaryl/α,β-unsaturated/α-hetero) is 1. The van der Waals surface area contributed by atoms with Gasteiger partial charge in [-0.1, -0.05) is 40.2 Å². The van der Waals surface area contributed by atoms with Crippen LogP contribution in [0.15, 0.2) is 48.5 Å². The average Bonchev–Trinajstić information content (AvgIpc) is 2.71. The Morgan fingerprint density at radius 2 is 1.27 bits per heavy atom. The maximum Gasteiger partial charge on any atom is 0.148 e. The zero-order chi connectivity index (χ0) is 18.8. The summed E-state index contributed by atoms with van der Waals surface area (Å²) < 4.78 is 0. The molecule has 2 rings (SSSR count). The Morgan fingerprint density at radius 3 is 1.62 bits per heavy atom. The van der Waals surface area contributed by atoms with Crippen LogP contribution < -0.4 is 0 Å². The molecule has 0 bridgehead atoms. The van der Waals surface area contributed by atoms with Crippen LogP contribution in [0.2, 0.25) is 0 Å². The SMILES string of the molecule is CC.CC.CC(CS)c1cc[c-]cc1.O=C(CS)c1cc[c-]cc1.[Y].[Y]. The predicted molar refractivity (Wildman–Crippen MR) is 114 cm³/mol. The van der Waals surface area contributed by atoms with Crippen LogP contribution in [0.5, 0.6) is 0 Å². The van der Waals surface area contributed by atoms with E-state index in [9.17, 15) is 4.79 Å². The minimum atomic E-state index is 0. The van der Waals surface area contributed by atoms with Gasteiger partial charge in [0.2, 0.25) is 0 Å². The van der Waals surface area contributed by atoms with E-state index in [1.54, 1.807) is 24.3 Å². The summed E-state index contributed by atoms with van der Waals surface area (Å²) in [5.74, 6) is 1.78. The number of ketones is 1. The molecule has 2 aromatic rings. The van der Waals surface area contributed by atoms with Crippen molar-refractivity contribution in [2.75, 3.05) is 11.5 Å². The fourth-order valence-electron chi connectivity index (χ4n) is 1.50. The monoisotopic (exact) mass is 540 g/mol. The van der Waals surface area contributed by atoms with Crippen LogP contribution in [-0.4, -0.2) is 17.3 Å². The largest absolute Gasteiger partial charge is 0.296 e. The molecule has 1 atom stereocenters. The van der Waals surface area contributed by atoms with Crippen LogP contribution in [0.1, 0.15) is 56.5 Å². The van der Waals surface area contributed by atoms with Gasteiger partial charge >= 0.3 is 0 Å². The zero-order valence-corrected chi connectivity index (χ0v) is 24.0. The first-order chi connectivity index (χ1) is 11.7. The van der Waals surface area contributed by atoms with E-state index < -0.39 is 0 Å². The molecule has 0 aliphatic carbocycles. The van der Waals surface area contributed by atoms with E-state index in [0.717, 1.165) is 5.75 Å². The second kappa shape index (κ2) is 26.0. The van der Waals surface area contributed by atoms with Crippen molar-refractivity contribution < 1.29 is 70.2 Å². The molecule has 5 heteroatoms. The molecule has 0 fully saturated rings. The van der Waals surface area contributed by atoms with Gasteiger partial charge in [-0.15, -0.1) is 0 Å². The zero-order valence-electron chi connectivity index (χ0n) is 16.6. The van der Waals surface area contributed by atoms with Gasteiger partial charge in [-0.3, -0.25) is 4.79 Å². The van der Waals surface area contributed by atoms with Gasteiger partial charge < -0.3 is 0 Å². The van der Waals surface area contributed by atoms with E-state index in [4.69, 9.17) is 0 Å². The van der Waals surface area contributed by atoms with Crippen molar-refractivity contribution in [3.05, 3.63) is 71.8 Å². The first kappa shape index (κ1) is 34.5. The second-order valence-electron chi connectivity index (χ2n) is 4.29. The molecule has 2 aromatic carbocycles. The first-order valence-electron chi connectivity index (χ1n) is 8.36. The fourth-order valence-corrected chi connectivity index (χ4v) is 1.89. The number of carbonyl (C=O) groups excluding carboxylic acids is 1. The number of hydrogen-bond donors (Lipinski definition) is 2. The summed E-state index contributed by atoms with van der Waals surface area (Å²) in [4.78, 5) is 10.9. The first-order valence-corrected chi connectivity index (χ1v) is 9.62. The van der Waals surface area contributed by atoms with Gasteiger partial charge in [0, 0.05) is 65.4 Å². The number of benzene rings is 2. The Morgan fingerprint density at radius 1 is 0.885 bits per heavy atom. The summed E-state index contributed by atoms with van der Waals surface area (Å²) in [6.45, 7) is 10.2. The molecule has 0 spiro atoms. The molecule has 26 heavy (non-hydrogen) atoms. The summed E-state index contributed by atoms with van der Waals surface area (Å²) in [5.41, 5.74) is 2.04. The molecular formula is C21H30OS2Y2-2. The van der Waals surface area contributed by atoms with Crippen LogP contribution in [0.4, 0.5) is 0 Å². The van der Waals surface area contributed by atoms with Crippen molar-refractivity contribution in [3.63, 3.8) is 0 Å². The van der Waals surface area contributed by atoms with E-state index in [2.05, 4.69) is 56.4 Å². The third-order valence-electron chi connectivity index (χ3n) is 2.77. The van der Waals surface area contributed by atoms with E-state index in [1.165, 1.54) is 5.56 Å². The van der Waals surface area contributed by atoms with Crippen molar-refractivity contribution in [3.8, 4) is 0 Å². The van der Waals surface area contributed by atoms with Gasteiger partial charge in [0.15, 0.2) is 0 Å². The van der Waals surface area contributed by atoms with Crippen molar-refractivity contribution in [2.24, 2.45) is 0 Å². The van der Waals surface area contributed by atoms with Crippen molar-refractivity contribution in [1.82, 2.24) is 0 Å². The van der Waals surface area contributed by atoms with Crippen LogP contribution >= 0.6 is 25.3 Å². The third-order valence-corrected chi connectivity index (χ3v) is 3.61. The molecule has 0 aromatic heterocycles. The number of thiol groups is 2. The summed E-state index contributed by atoms with van der Waals surface area (Å²) in [6, 6.07) is 20.8. The molecule has 1 nitrogen and oxygen atoms in total. The Labute approximate surface area is 222 Å². The van der Waals surface area contributed by atoms with E-state index in [1.807, 2.05) is 39.8 Å². The molecule has 0 saturated heterocycles. The second-order valence-corrected chi connectivity index (χ2v) is 4.97. The molecular weight excluding hydrogens is 510 g/mol. The summed E-state index contributed by atoms with van der Waals surface area (Å²) in [6.07, 6.45) is 0.